The fraction of sp³-hybridized carbons (Fsp3) is 0.515. The van der Waals surface area contributed by atoms with Crippen molar-refractivity contribution in [1.82, 2.24) is 66.9 Å². The predicted molar refractivity (Wildman–Crippen MR) is 491 cm³/mol. The van der Waals surface area contributed by atoms with E-state index in [9.17, 15) is 8.78 Å². The summed E-state index contributed by atoms with van der Waals surface area (Å²) >= 11 is 0. The van der Waals surface area contributed by atoms with Gasteiger partial charge in [0.05, 0.1) is 50.3 Å². The number of ether oxygens (including phenoxy) is 5. The summed E-state index contributed by atoms with van der Waals surface area (Å²) in [7, 11) is 0. The van der Waals surface area contributed by atoms with Gasteiger partial charge in [-0.3, -0.25) is 0 Å². The number of fused-ring (bicyclic) bond motifs is 7. The Balaban J connectivity index is 0.000000116. The van der Waals surface area contributed by atoms with Crippen LogP contribution >= 0.6 is 0 Å². The number of rotatable bonds is 14. The summed E-state index contributed by atoms with van der Waals surface area (Å²) in [4.78, 5) is 31.3. The molecule has 650 valence electrons. The molecule has 0 N–H and O–H groups in total. The Morgan fingerprint density at radius 2 is 0.516 bits per heavy atom. The molecule has 1 saturated carbocycles. The van der Waals surface area contributed by atoms with Gasteiger partial charge in [0.1, 0.15) is 51.2 Å². The minimum absolute atomic E-state index is 0.265. The van der Waals surface area contributed by atoms with Crippen molar-refractivity contribution in [2.45, 2.75) is 272 Å². The molecule has 3 atom stereocenters. The van der Waals surface area contributed by atoms with E-state index in [0.717, 1.165) is 167 Å². The minimum Gasteiger partial charge on any atom is -0.381 e. The lowest BCUT2D eigenvalue weighted by Crippen LogP contribution is -2.20. The van der Waals surface area contributed by atoms with Crippen molar-refractivity contribution in [3.8, 4) is 0 Å². The first kappa shape index (κ1) is 88.8. The van der Waals surface area contributed by atoms with E-state index in [2.05, 4.69) is 251 Å². The van der Waals surface area contributed by atoms with Gasteiger partial charge in [-0.25, -0.2) is 43.7 Å². The third kappa shape index (κ3) is 20.5. The summed E-state index contributed by atoms with van der Waals surface area (Å²) in [6, 6.07) is 27.6. The molecule has 19 heterocycles. The van der Waals surface area contributed by atoms with E-state index in [1.807, 2.05) is 61.3 Å². The minimum atomic E-state index is -0.268. The second-order valence-electron chi connectivity index (χ2n) is 36.6. The Labute approximate surface area is 720 Å². The summed E-state index contributed by atoms with van der Waals surface area (Å²) in [6.45, 7) is 43.6. The van der Waals surface area contributed by atoms with E-state index in [1.54, 1.807) is 12.1 Å². The van der Waals surface area contributed by atoms with Gasteiger partial charge < -0.3 is 55.7 Å². The highest BCUT2D eigenvalue weighted by atomic mass is 19.1. The lowest BCUT2D eigenvalue weighted by molar-refractivity contribution is 0.0604. The van der Waals surface area contributed by atoms with E-state index < -0.39 is 0 Å². The largest absolute Gasteiger partial charge is 0.381 e. The number of halogens is 2. The van der Waals surface area contributed by atoms with Crippen LogP contribution in [0, 0.1) is 11.6 Å². The van der Waals surface area contributed by atoms with Gasteiger partial charge in [0, 0.05) is 182 Å². The second kappa shape index (κ2) is 40.9. The average molecular weight is 1660 g/mol. The van der Waals surface area contributed by atoms with E-state index >= 15 is 0 Å². The number of aromatic nitrogens is 14. The predicted octanol–water partition coefficient (Wildman–Crippen LogP) is 25.1. The van der Waals surface area contributed by atoms with Gasteiger partial charge in [-0.2, -0.15) is 0 Å². The van der Waals surface area contributed by atoms with Crippen LogP contribution in [0.25, 0.3) is 77.2 Å². The summed E-state index contributed by atoms with van der Waals surface area (Å²) in [5.41, 5.74) is 16.8. The van der Waals surface area contributed by atoms with Crippen LogP contribution in [0.5, 0.6) is 0 Å². The fourth-order valence-electron chi connectivity index (χ4n) is 18.2. The molecule has 0 bridgehead atoms. The molecule has 20 rings (SSSR count). The van der Waals surface area contributed by atoms with Crippen molar-refractivity contribution in [1.29, 1.82) is 0 Å². The zero-order chi connectivity index (χ0) is 85.8. The molecule has 1 unspecified atom stereocenters. The van der Waals surface area contributed by atoms with Gasteiger partial charge in [-0.05, 0) is 244 Å². The molecule has 5 aliphatic heterocycles. The van der Waals surface area contributed by atoms with Crippen molar-refractivity contribution in [2.75, 3.05) is 66.1 Å². The van der Waals surface area contributed by atoms with Crippen LogP contribution in [0.4, 0.5) is 8.78 Å². The Morgan fingerprint density at radius 3 is 0.779 bits per heavy atom. The Hall–Kier alpha value is -9.51. The maximum absolute atomic E-state index is 13.4. The molecule has 5 saturated heterocycles. The summed E-state index contributed by atoms with van der Waals surface area (Å²) in [5.74, 6) is 2.93. The van der Waals surface area contributed by atoms with Gasteiger partial charge in [-0.15, -0.1) is 0 Å². The van der Waals surface area contributed by atoms with Crippen molar-refractivity contribution in [3.05, 3.63) is 210 Å². The topological polar surface area (TPSA) is 171 Å². The zero-order valence-corrected chi connectivity index (χ0v) is 75.2. The number of nitrogens with zero attached hydrogens (tertiary/aromatic N) is 14. The van der Waals surface area contributed by atoms with Crippen molar-refractivity contribution in [3.63, 3.8) is 0 Å². The number of hydrogen-bond donors (Lipinski definition) is 0. The first-order valence-corrected chi connectivity index (χ1v) is 45.5. The normalized spacial score (nSPS) is 18.1. The standard InChI is InChI=1S/C15H19FN2O.4C15H20N2O.C13H17FN2.C13H16N2/c1-10(2)14-9-18(12-3-5-19-6-4-12)15-13(14)7-11(16)8-17-15;3*1-11(2)14-9-17(12-5-4-8-18-10-12)15-13(14)6-3-7-16-15;1-11(2)14-10-17(12-5-8-18-9-6-12)15-13(14)4-3-7-16-15;1-8(2)12-7-16(9(3)4)13-11(12)5-10(14)6-15-13;1-9(2)12-8-15(10-5-6-10)13-11(12)4-3-7-14-13/h7-10,12H,3-6H2,1-2H3;3*3,6-7,9,11-12H,4-5,8,10H2,1-2H3;3-4,7,10-12H,5-6,8-9H2,1-2H3;5-9H,1-4H3;3-4,7-10H,5-6H2,1-2H3/t;2*12-;;;;/m.10..../s1. The van der Waals surface area contributed by atoms with Crippen LogP contribution in [0.15, 0.2) is 160 Å². The van der Waals surface area contributed by atoms with Gasteiger partial charge in [-0.1, -0.05) is 96.9 Å². The molecule has 19 nitrogen and oxygen atoms in total. The molecular formula is C101H132F2N14O5. The molecule has 14 aromatic rings. The Kier molecular flexibility index (Phi) is 29.7. The average Bonchev–Trinajstić information content (AvgIpc) is 1.61. The zero-order valence-electron chi connectivity index (χ0n) is 75.2. The first-order chi connectivity index (χ1) is 59.0. The molecule has 6 fully saturated rings. The molecule has 0 radical (unpaired) electrons. The molecule has 1 aliphatic carbocycles. The van der Waals surface area contributed by atoms with Crippen LogP contribution in [-0.2, 0) is 23.7 Å². The van der Waals surface area contributed by atoms with Crippen LogP contribution in [0.3, 0.4) is 0 Å². The van der Waals surface area contributed by atoms with Crippen LogP contribution in [0.2, 0.25) is 0 Å². The molecule has 21 heteroatoms. The highest BCUT2D eigenvalue weighted by Crippen LogP contribution is 2.42. The smallest absolute Gasteiger partial charge is 0.142 e. The van der Waals surface area contributed by atoms with Gasteiger partial charge in [0.15, 0.2) is 0 Å². The van der Waals surface area contributed by atoms with E-state index in [-0.39, 0.29) is 11.6 Å². The molecular weight excluding hydrogens is 1530 g/mol. The molecule has 14 aromatic heterocycles. The van der Waals surface area contributed by atoms with E-state index in [4.69, 9.17) is 23.7 Å². The fourth-order valence-corrected chi connectivity index (χ4v) is 18.2. The number of hydrogen-bond acceptors (Lipinski definition) is 12. The maximum Gasteiger partial charge on any atom is 0.142 e. The number of pyridine rings is 7. The third-order valence-corrected chi connectivity index (χ3v) is 25.0. The summed E-state index contributed by atoms with van der Waals surface area (Å²) in [5, 5.41) is 8.39. The Morgan fingerprint density at radius 1 is 0.270 bits per heavy atom. The maximum atomic E-state index is 13.4. The van der Waals surface area contributed by atoms with Crippen molar-refractivity contribution < 1.29 is 32.5 Å². The Bertz CT molecular complexity index is 5270. The second-order valence-corrected chi connectivity index (χ2v) is 36.6. The van der Waals surface area contributed by atoms with Crippen LogP contribution in [-0.4, -0.2) is 133 Å². The molecule has 0 aromatic carbocycles. The molecule has 0 amide bonds. The van der Waals surface area contributed by atoms with Gasteiger partial charge in [0.25, 0.3) is 0 Å². The monoisotopic (exact) mass is 1660 g/mol. The van der Waals surface area contributed by atoms with Crippen LogP contribution < -0.4 is 0 Å². The summed E-state index contributed by atoms with van der Waals surface area (Å²) in [6.07, 6.45) is 41.6. The lowest BCUT2D eigenvalue weighted by atomic mass is 10.0. The van der Waals surface area contributed by atoms with Gasteiger partial charge in [0.2, 0.25) is 0 Å². The molecule has 0 spiro atoms. The molecule has 122 heavy (non-hydrogen) atoms. The first-order valence-electron chi connectivity index (χ1n) is 45.5. The summed E-state index contributed by atoms with van der Waals surface area (Å²) < 4.78 is 70.4. The lowest BCUT2D eigenvalue weighted by Gasteiger charge is -2.24. The quantitative estimate of drug-likeness (QED) is 0.101. The van der Waals surface area contributed by atoms with E-state index in [1.165, 1.54) is 110 Å². The SMILES string of the molecule is CC(C)c1cn(C(C)C)c2ncc(F)cc12.CC(C)c1cn(C2CC2)c2ncccc12.CC(C)c1cn(C2CCCOC2)c2ncccc12.CC(C)c1cn(C2CCOCC2)c2ncc(F)cc12.CC(C)c1cn(C2CCOCC2)c2ncccc12.CC(C)c1cn([C@@H]2CCCOC2)c2ncccc12.CC(C)c1cn([C@H]2CCCOC2)c2ncccc12. The highest BCUT2D eigenvalue weighted by molar-refractivity contribution is 5.86. The van der Waals surface area contributed by atoms with Crippen LogP contribution in [0.1, 0.15) is 310 Å². The van der Waals surface area contributed by atoms with E-state index in [0.29, 0.717) is 77.7 Å². The third-order valence-electron chi connectivity index (χ3n) is 25.0. The molecule has 6 aliphatic rings. The van der Waals surface area contributed by atoms with Gasteiger partial charge >= 0.3 is 0 Å². The van der Waals surface area contributed by atoms with Crippen molar-refractivity contribution >= 4 is 77.2 Å². The van der Waals surface area contributed by atoms with Crippen molar-refractivity contribution in [2.24, 2.45) is 0 Å². The highest BCUT2D eigenvalue weighted by Gasteiger charge is 2.30.